The molecule has 148 valence electrons. The Morgan fingerprint density at radius 1 is 1.42 bits per heavy atom. The molecule has 1 N–H and O–H groups in total. The molecule has 0 bridgehead atoms. The normalized spacial score (nSPS) is 17.5. The van der Waals surface area contributed by atoms with E-state index in [1.165, 1.54) is 11.3 Å². The van der Waals surface area contributed by atoms with E-state index < -0.39 is 6.43 Å². The number of alkyl halides is 2. The first-order valence-corrected chi connectivity index (χ1v) is 10.3. The Kier molecular flexibility index (Phi) is 9.50. The van der Waals surface area contributed by atoms with Gasteiger partial charge in [0.2, 0.25) is 12.8 Å². The van der Waals surface area contributed by atoms with Crippen molar-refractivity contribution in [3.05, 3.63) is 21.9 Å². The standard InChI is InChI=1S/C19H30F2N2O2S/c1-2-15(11-22-14-24)12-23-6-3-17(4-7-23)25-8-5-16-9-18(26-13-16)10-19(20)21/h9,13-15,17,19H,2-8,10-12H2,1H3,(H,22,24). The second kappa shape index (κ2) is 11.6. The van der Waals surface area contributed by atoms with Gasteiger partial charge in [-0.05, 0) is 42.2 Å². The molecule has 0 spiro atoms. The van der Waals surface area contributed by atoms with Crippen molar-refractivity contribution >= 4 is 17.7 Å². The Labute approximate surface area is 158 Å². The highest BCUT2D eigenvalue weighted by Gasteiger charge is 2.21. The van der Waals surface area contributed by atoms with Gasteiger partial charge >= 0.3 is 0 Å². The van der Waals surface area contributed by atoms with E-state index in [1.54, 1.807) is 0 Å². The van der Waals surface area contributed by atoms with E-state index in [2.05, 4.69) is 17.1 Å². The predicted octanol–water partition coefficient (Wildman–Crippen LogP) is 3.35. The van der Waals surface area contributed by atoms with Crippen LogP contribution in [0.15, 0.2) is 11.4 Å². The molecule has 1 aromatic heterocycles. The molecule has 2 heterocycles. The first-order valence-electron chi connectivity index (χ1n) is 9.46. The maximum atomic E-state index is 12.4. The number of rotatable bonds is 12. The number of amides is 1. The number of ether oxygens (including phenoxy) is 1. The Bertz CT molecular complexity index is 519. The summed E-state index contributed by atoms with van der Waals surface area (Å²) in [5.41, 5.74) is 1.09. The van der Waals surface area contributed by atoms with Gasteiger partial charge < -0.3 is 15.0 Å². The van der Waals surface area contributed by atoms with Crippen LogP contribution in [0, 0.1) is 5.92 Å². The molecule has 0 aliphatic carbocycles. The van der Waals surface area contributed by atoms with E-state index in [0.29, 0.717) is 18.6 Å². The molecule has 1 atom stereocenters. The van der Waals surface area contributed by atoms with Crippen LogP contribution in [0.2, 0.25) is 0 Å². The zero-order chi connectivity index (χ0) is 18.8. The molecular formula is C19H30F2N2O2S. The third-order valence-corrected chi connectivity index (χ3v) is 5.93. The highest BCUT2D eigenvalue weighted by atomic mass is 32.1. The third-order valence-electron chi connectivity index (χ3n) is 4.93. The number of hydrogen-bond acceptors (Lipinski definition) is 4. The van der Waals surface area contributed by atoms with E-state index in [4.69, 9.17) is 4.74 Å². The minimum Gasteiger partial charge on any atom is -0.378 e. The fraction of sp³-hybridized carbons (Fsp3) is 0.737. The van der Waals surface area contributed by atoms with Crippen LogP contribution in [0.4, 0.5) is 8.78 Å². The van der Waals surface area contributed by atoms with Crippen molar-refractivity contribution in [3.8, 4) is 0 Å². The summed E-state index contributed by atoms with van der Waals surface area (Å²) in [6.45, 7) is 6.62. The first kappa shape index (κ1) is 21.3. The van der Waals surface area contributed by atoms with E-state index in [-0.39, 0.29) is 6.42 Å². The van der Waals surface area contributed by atoms with E-state index in [1.807, 2.05) is 11.4 Å². The number of nitrogens with one attached hydrogen (secondary N) is 1. The molecule has 4 nitrogen and oxygen atoms in total. The smallest absolute Gasteiger partial charge is 0.243 e. The van der Waals surface area contributed by atoms with Gasteiger partial charge in [0.25, 0.3) is 0 Å². The second-order valence-electron chi connectivity index (χ2n) is 6.94. The molecule has 1 aliphatic rings. The summed E-state index contributed by atoms with van der Waals surface area (Å²) in [6.07, 6.45) is 2.54. The summed E-state index contributed by atoms with van der Waals surface area (Å²) in [4.78, 5) is 13.6. The minimum absolute atomic E-state index is 0.148. The Morgan fingerprint density at radius 3 is 2.85 bits per heavy atom. The molecule has 0 aromatic carbocycles. The molecule has 1 saturated heterocycles. The lowest BCUT2D eigenvalue weighted by atomic mass is 10.0. The molecular weight excluding hydrogens is 358 g/mol. The van der Waals surface area contributed by atoms with Gasteiger partial charge in [-0.2, -0.15) is 0 Å². The van der Waals surface area contributed by atoms with Crippen LogP contribution in [0.25, 0.3) is 0 Å². The molecule has 1 amide bonds. The third kappa shape index (κ3) is 7.68. The zero-order valence-corrected chi connectivity index (χ0v) is 16.3. The molecule has 7 heteroatoms. The molecule has 0 saturated carbocycles. The number of thiophene rings is 1. The summed E-state index contributed by atoms with van der Waals surface area (Å²) in [7, 11) is 0. The summed E-state index contributed by atoms with van der Waals surface area (Å²) in [5, 5.41) is 4.74. The largest absolute Gasteiger partial charge is 0.378 e. The van der Waals surface area contributed by atoms with E-state index in [0.717, 1.165) is 68.7 Å². The van der Waals surface area contributed by atoms with Crippen molar-refractivity contribution in [2.45, 2.75) is 51.6 Å². The minimum atomic E-state index is -2.27. The van der Waals surface area contributed by atoms with Gasteiger partial charge in [0.05, 0.1) is 12.7 Å². The number of likely N-dealkylation sites (tertiary alicyclic amines) is 1. The van der Waals surface area contributed by atoms with Gasteiger partial charge in [0.1, 0.15) is 0 Å². The van der Waals surface area contributed by atoms with Crippen LogP contribution in [0.1, 0.15) is 36.6 Å². The first-order chi connectivity index (χ1) is 12.6. The van der Waals surface area contributed by atoms with Gasteiger partial charge in [0.15, 0.2) is 0 Å². The number of nitrogens with zero attached hydrogens (tertiary/aromatic N) is 1. The topological polar surface area (TPSA) is 41.6 Å². The number of carbonyl (C=O) groups is 1. The Morgan fingerprint density at radius 2 is 2.19 bits per heavy atom. The van der Waals surface area contributed by atoms with Crippen molar-refractivity contribution in [3.63, 3.8) is 0 Å². The van der Waals surface area contributed by atoms with Crippen LogP contribution in [-0.4, -0.2) is 56.6 Å². The molecule has 0 radical (unpaired) electrons. The molecule has 1 aliphatic heterocycles. The lowest BCUT2D eigenvalue weighted by molar-refractivity contribution is -0.109. The fourth-order valence-corrected chi connectivity index (χ4v) is 4.27. The SMILES string of the molecule is CCC(CNC=O)CN1CCC(OCCc2csc(CC(F)F)c2)CC1. The van der Waals surface area contributed by atoms with Gasteiger partial charge in [-0.3, -0.25) is 4.79 Å². The van der Waals surface area contributed by atoms with Gasteiger partial charge in [-0.1, -0.05) is 13.3 Å². The van der Waals surface area contributed by atoms with Gasteiger partial charge in [0, 0.05) is 37.5 Å². The highest BCUT2D eigenvalue weighted by molar-refractivity contribution is 7.10. The lowest BCUT2D eigenvalue weighted by Gasteiger charge is -2.34. The average molecular weight is 389 g/mol. The number of carbonyl (C=O) groups excluding carboxylic acids is 1. The average Bonchev–Trinajstić information content (AvgIpc) is 3.06. The van der Waals surface area contributed by atoms with Crippen LogP contribution >= 0.6 is 11.3 Å². The molecule has 26 heavy (non-hydrogen) atoms. The van der Waals surface area contributed by atoms with Crippen molar-refractivity contribution in [2.75, 3.05) is 32.8 Å². The van der Waals surface area contributed by atoms with E-state index >= 15 is 0 Å². The van der Waals surface area contributed by atoms with E-state index in [9.17, 15) is 13.6 Å². The maximum Gasteiger partial charge on any atom is 0.243 e. The lowest BCUT2D eigenvalue weighted by Crippen LogP contribution is -2.41. The van der Waals surface area contributed by atoms with Crippen LogP contribution < -0.4 is 5.32 Å². The quantitative estimate of drug-likeness (QED) is 0.559. The van der Waals surface area contributed by atoms with Crippen molar-refractivity contribution in [1.82, 2.24) is 10.2 Å². The second-order valence-corrected chi connectivity index (χ2v) is 7.93. The van der Waals surface area contributed by atoms with Gasteiger partial charge in [-0.15, -0.1) is 11.3 Å². The molecule has 2 rings (SSSR count). The summed E-state index contributed by atoms with van der Waals surface area (Å²) < 4.78 is 30.7. The summed E-state index contributed by atoms with van der Waals surface area (Å²) >= 11 is 1.41. The zero-order valence-electron chi connectivity index (χ0n) is 15.5. The van der Waals surface area contributed by atoms with Crippen LogP contribution in [0.5, 0.6) is 0 Å². The summed E-state index contributed by atoms with van der Waals surface area (Å²) in [5.74, 6) is 0.499. The highest BCUT2D eigenvalue weighted by Crippen LogP contribution is 2.20. The predicted molar refractivity (Wildman–Crippen MR) is 101 cm³/mol. The molecule has 1 unspecified atom stereocenters. The Hall–Kier alpha value is -1.05. The van der Waals surface area contributed by atoms with Crippen molar-refractivity contribution in [2.24, 2.45) is 5.92 Å². The molecule has 1 aromatic rings. The number of hydrogen-bond donors (Lipinski definition) is 1. The van der Waals surface area contributed by atoms with Crippen LogP contribution in [-0.2, 0) is 22.4 Å². The Balaban J connectivity index is 1.61. The fourth-order valence-electron chi connectivity index (χ4n) is 3.34. The summed E-state index contributed by atoms with van der Waals surface area (Å²) in [6, 6.07) is 1.88. The number of halogens is 2. The molecule has 1 fully saturated rings. The monoisotopic (exact) mass is 388 g/mol. The number of piperidine rings is 1. The van der Waals surface area contributed by atoms with Crippen molar-refractivity contribution in [1.29, 1.82) is 0 Å². The van der Waals surface area contributed by atoms with Crippen molar-refractivity contribution < 1.29 is 18.3 Å². The van der Waals surface area contributed by atoms with Gasteiger partial charge in [-0.25, -0.2) is 8.78 Å². The van der Waals surface area contributed by atoms with Crippen LogP contribution in [0.3, 0.4) is 0 Å². The maximum absolute atomic E-state index is 12.4.